The van der Waals surface area contributed by atoms with Crippen molar-refractivity contribution in [1.29, 1.82) is 0 Å². The molecule has 3 aromatic rings. The predicted molar refractivity (Wildman–Crippen MR) is 110 cm³/mol. The molecule has 27 heavy (non-hydrogen) atoms. The average Bonchev–Trinajstić information content (AvgIpc) is 3.12. The van der Waals surface area contributed by atoms with Crippen molar-refractivity contribution in [3.05, 3.63) is 69.6 Å². The van der Waals surface area contributed by atoms with Crippen LogP contribution in [-0.4, -0.2) is 19.0 Å². The molecule has 4 nitrogen and oxygen atoms in total. The number of thiophene rings is 1. The lowest BCUT2D eigenvalue weighted by molar-refractivity contribution is 0.0602. The van der Waals surface area contributed by atoms with E-state index in [0.717, 1.165) is 26.7 Å². The Balaban J connectivity index is 1.64. The van der Waals surface area contributed by atoms with E-state index in [1.807, 2.05) is 24.3 Å². The molecule has 136 valence electrons. The molecule has 0 saturated carbocycles. The molecule has 0 atom stereocenters. The van der Waals surface area contributed by atoms with E-state index in [4.69, 9.17) is 16.3 Å². The number of carbonyl (C=O) groups excluding carboxylic acids is 2. The van der Waals surface area contributed by atoms with E-state index in [1.165, 1.54) is 18.4 Å². The summed E-state index contributed by atoms with van der Waals surface area (Å²) in [6.07, 6.45) is 0. The van der Waals surface area contributed by atoms with Crippen molar-refractivity contribution in [3.8, 4) is 10.4 Å². The number of hydrogen-bond acceptors (Lipinski definition) is 5. The maximum Gasteiger partial charge on any atom is 0.339 e. The van der Waals surface area contributed by atoms with Gasteiger partial charge in [0.15, 0.2) is 0 Å². The van der Waals surface area contributed by atoms with E-state index >= 15 is 0 Å². The van der Waals surface area contributed by atoms with Crippen LogP contribution in [0.2, 0.25) is 5.02 Å². The van der Waals surface area contributed by atoms with Gasteiger partial charge in [-0.2, -0.15) is 0 Å². The van der Waals surface area contributed by atoms with Gasteiger partial charge in [0.1, 0.15) is 0 Å². The summed E-state index contributed by atoms with van der Waals surface area (Å²) >= 11 is 9.25. The third kappa shape index (κ3) is 3.48. The van der Waals surface area contributed by atoms with Crippen LogP contribution in [0.3, 0.4) is 0 Å². The molecule has 1 aliphatic heterocycles. The molecule has 2 aromatic carbocycles. The van der Waals surface area contributed by atoms with E-state index in [-0.39, 0.29) is 5.91 Å². The highest BCUT2D eigenvalue weighted by Gasteiger charge is 2.23. The number of halogens is 1. The van der Waals surface area contributed by atoms with Gasteiger partial charge in [-0.25, -0.2) is 4.79 Å². The van der Waals surface area contributed by atoms with Gasteiger partial charge in [-0.05, 0) is 35.9 Å². The molecule has 1 N–H and O–H groups in total. The summed E-state index contributed by atoms with van der Waals surface area (Å²) in [6.45, 7) is 0. The molecule has 0 spiro atoms. The van der Waals surface area contributed by atoms with Crippen LogP contribution in [0.1, 0.15) is 25.6 Å². The lowest BCUT2D eigenvalue weighted by Gasteiger charge is -2.15. The highest BCUT2D eigenvalue weighted by atomic mass is 35.5. The van der Waals surface area contributed by atoms with Gasteiger partial charge in [-0.3, -0.25) is 4.79 Å². The number of esters is 1. The molecule has 0 fully saturated rings. The topological polar surface area (TPSA) is 55.4 Å². The quantitative estimate of drug-likeness (QED) is 0.556. The molecule has 2 heterocycles. The number of benzene rings is 2. The molecule has 0 bridgehead atoms. The second-order valence-electron chi connectivity index (χ2n) is 5.89. The van der Waals surface area contributed by atoms with Crippen molar-refractivity contribution >= 4 is 52.3 Å². The van der Waals surface area contributed by atoms with Gasteiger partial charge in [0, 0.05) is 26.1 Å². The Bertz CT molecular complexity index is 1060. The molecule has 1 aliphatic rings. The van der Waals surface area contributed by atoms with Crippen molar-refractivity contribution in [3.63, 3.8) is 0 Å². The van der Waals surface area contributed by atoms with Crippen LogP contribution >= 0.6 is 34.7 Å². The lowest BCUT2D eigenvalue weighted by atomic mass is 10.1. The van der Waals surface area contributed by atoms with Crippen molar-refractivity contribution in [1.82, 2.24) is 0 Å². The first kappa shape index (κ1) is 18.1. The Hall–Kier alpha value is -2.28. The number of hydrogen-bond donors (Lipinski definition) is 1. The normalized spacial score (nSPS) is 12.1. The first-order chi connectivity index (χ1) is 13.1. The second kappa shape index (κ2) is 7.38. The van der Waals surface area contributed by atoms with E-state index < -0.39 is 5.97 Å². The zero-order valence-corrected chi connectivity index (χ0v) is 16.6. The Morgan fingerprint density at radius 1 is 1.15 bits per heavy atom. The molecule has 0 radical (unpaired) electrons. The standard InChI is InChI=1S/C20H14ClNO3S2/c1-25-20(24)13-4-2-3-5-15(13)22-19(23)17-8-11-10-26-16-9-12(21)6-7-14(16)18(11)27-17/h2-9H,10H2,1H3,(H,22,23). The fourth-order valence-corrected chi connectivity index (χ4v) is 5.48. The fourth-order valence-electron chi connectivity index (χ4n) is 2.90. The van der Waals surface area contributed by atoms with Crippen LogP contribution < -0.4 is 5.32 Å². The zero-order valence-electron chi connectivity index (χ0n) is 14.2. The number of ether oxygens (including phenoxy) is 1. The monoisotopic (exact) mass is 415 g/mol. The van der Waals surface area contributed by atoms with E-state index in [9.17, 15) is 9.59 Å². The highest BCUT2D eigenvalue weighted by Crippen LogP contribution is 2.46. The molecule has 0 aliphatic carbocycles. The minimum absolute atomic E-state index is 0.244. The summed E-state index contributed by atoms with van der Waals surface area (Å²) in [4.78, 5) is 27.5. The minimum Gasteiger partial charge on any atom is -0.465 e. The first-order valence-corrected chi connectivity index (χ1v) is 10.3. The smallest absolute Gasteiger partial charge is 0.339 e. The number of para-hydroxylation sites is 1. The van der Waals surface area contributed by atoms with E-state index in [1.54, 1.807) is 36.0 Å². The van der Waals surface area contributed by atoms with Gasteiger partial charge in [0.25, 0.3) is 5.91 Å². The number of carbonyl (C=O) groups is 2. The van der Waals surface area contributed by atoms with Gasteiger partial charge < -0.3 is 10.1 Å². The van der Waals surface area contributed by atoms with Crippen LogP contribution in [0.25, 0.3) is 10.4 Å². The maximum absolute atomic E-state index is 12.8. The Kier molecular flexibility index (Phi) is 4.95. The summed E-state index contributed by atoms with van der Waals surface area (Å²) in [5.74, 6) is 0.0652. The van der Waals surface area contributed by atoms with Crippen LogP contribution in [0.4, 0.5) is 5.69 Å². The second-order valence-corrected chi connectivity index (χ2v) is 8.39. The van der Waals surface area contributed by atoms with Gasteiger partial charge in [-0.15, -0.1) is 23.1 Å². The lowest BCUT2D eigenvalue weighted by Crippen LogP contribution is -2.14. The van der Waals surface area contributed by atoms with Crippen molar-refractivity contribution in [2.24, 2.45) is 0 Å². The number of amides is 1. The number of thioether (sulfide) groups is 1. The number of nitrogens with one attached hydrogen (secondary N) is 1. The van der Waals surface area contributed by atoms with Gasteiger partial charge in [-0.1, -0.05) is 29.8 Å². The van der Waals surface area contributed by atoms with Crippen LogP contribution in [0, 0.1) is 0 Å². The van der Waals surface area contributed by atoms with E-state index in [2.05, 4.69) is 5.32 Å². The molecule has 0 unspecified atom stereocenters. The maximum atomic E-state index is 12.8. The Labute approximate surface area is 169 Å². The third-order valence-corrected chi connectivity index (χ3v) is 6.73. The molecule has 1 aromatic heterocycles. The number of methoxy groups -OCH3 is 1. The summed E-state index contributed by atoms with van der Waals surface area (Å²) < 4.78 is 4.78. The molecular weight excluding hydrogens is 402 g/mol. The SMILES string of the molecule is COC(=O)c1ccccc1NC(=O)c1cc2c(s1)-c1ccc(Cl)cc1SC2. The number of rotatable bonds is 3. The summed E-state index contributed by atoms with van der Waals surface area (Å²) in [5.41, 5.74) is 2.99. The van der Waals surface area contributed by atoms with Crippen molar-refractivity contribution < 1.29 is 14.3 Å². The molecule has 1 amide bonds. The summed E-state index contributed by atoms with van der Waals surface area (Å²) in [5, 5.41) is 3.53. The fraction of sp³-hybridized carbons (Fsp3) is 0.100. The van der Waals surface area contributed by atoms with Gasteiger partial charge in [0.05, 0.1) is 23.2 Å². The molecule has 0 saturated heterocycles. The van der Waals surface area contributed by atoms with Crippen molar-refractivity contribution in [2.75, 3.05) is 12.4 Å². The molecule has 4 rings (SSSR count). The van der Waals surface area contributed by atoms with Gasteiger partial charge in [0.2, 0.25) is 0 Å². The minimum atomic E-state index is -0.487. The Morgan fingerprint density at radius 3 is 2.78 bits per heavy atom. The van der Waals surface area contributed by atoms with Crippen LogP contribution in [-0.2, 0) is 10.5 Å². The molecule has 7 heteroatoms. The summed E-state index contributed by atoms with van der Waals surface area (Å²) in [6, 6.07) is 14.5. The summed E-state index contributed by atoms with van der Waals surface area (Å²) in [7, 11) is 1.32. The van der Waals surface area contributed by atoms with Crippen LogP contribution in [0.15, 0.2) is 53.4 Å². The van der Waals surface area contributed by atoms with Gasteiger partial charge >= 0.3 is 5.97 Å². The first-order valence-electron chi connectivity index (χ1n) is 8.11. The Morgan fingerprint density at radius 2 is 1.96 bits per heavy atom. The van der Waals surface area contributed by atoms with Crippen molar-refractivity contribution in [2.45, 2.75) is 10.6 Å². The third-order valence-electron chi connectivity index (χ3n) is 4.18. The predicted octanol–water partition coefficient (Wildman–Crippen LogP) is 5.71. The van der Waals surface area contributed by atoms with E-state index in [0.29, 0.717) is 21.2 Å². The number of anilines is 1. The largest absolute Gasteiger partial charge is 0.465 e. The molecular formula is C20H14ClNO3S2. The highest BCUT2D eigenvalue weighted by molar-refractivity contribution is 7.98. The van der Waals surface area contributed by atoms with Crippen LogP contribution in [0.5, 0.6) is 0 Å². The zero-order chi connectivity index (χ0) is 19.0. The average molecular weight is 416 g/mol. The number of fused-ring (bicyclic) bond motifs is 3.